The van der Waals surface area contributed by atoms with Gasteiger partial charge < -0.3 is 4.74 Å². The molecule has 0 radical (unpaired) electrons. The quantitative estimate of drug-likeness (QED) is 0.798. The van der Waals surface area contributed by atoms with E-state index < -0.39 is 23.6 Å². The Morgan fingerprint density at radius 3 is 2.39 bits per heavy atom. The summed E-state index contributed by atoms with van der Waals surface area (Å²) < 4.78 is 56.3. The van der Waals surface area contributed by atoms with Gasteiger partial charge in [0.1, 0.15) is 23.0 Å². The van der Waals surface area contributed by atoms with Crippen molar-refractivity contribution in [2.75, 3.05) is 7.11 Å². The van der Waals surface area contributed by atoms with Crippen LogP contribution in [0.3, 0.4) is 0 Å². The summed E-state index contributed by atoms with van der Waals surface area (Å²) in [4.78, 5) is 15.3. The molecule has 0 saturated carbocycles. The van der Waals surface area contributed by atoms with E-state index in [2.05, 4.69) is 4.98 Å². The lowest BCUT2D eigenvalue weighted by molar-refractivity contribution is -0.141. The Bertz CT molecular complexity index is 711. The summed E-state index contributed by atoms with van der Waals surface area (Å²) in [6.45, 7) is 1.27. The normalized spacial score (nSPS) is 12.8. The second-order valence-electron chi connectivity index (χ2n) is 4.90. The Morgan fingerprint density at radius 2 is 1.91 bits per heavy atom. The highest BCUT2D eigenvalue weighted by Gasteiger charge is 2.33. The molecule has 0 amide bonds. The fraction of sp³-hybridized carbons (Fsp3) is 0.250. The van der Waals surface area contributed by atoms with Crippen molar-refractivity contribution in [2.24, 2.45) is 0 Å². The largest absolute Gasteiger partial charge is 0.496 e. The Kier molecular flexibility index (Phi) is 4.68. The van der Waals surface area contributed by atoms with Crippen molar-refractivity contribution >= 4 is 5.78 Å². The van der Waals surface area contributed by atoms with Crippen LogP contribution in [-0.2, 0) is 11.0 Å². The molecule has 2 aromatic rings. The minimum Gasteiger partial charge on any atom is -0.496 e. The summed E-state index contributed by atoms with van der Waals surface area (Å²) in [7, 11) is 1.36. The molecule has 1 unspecified atom stereocenters. The van der Waals surface area contributed by atoms with Gasteiger partial charge in [-0.25, -0.2) is 4.39 Å². The first-order chi connectivity index (χ1) is 10.7. The van der Waals surface area contributed by atoms with Gasteiger partial charge in [0.15, 0.2) is 0 Å². The van der Waals surface area contributed by atoms with Gasteiger partial charge in [-0.3, -0.25) is 9.78 Å². The SMILES string of the molecule is COc1ccc(F)cc1C(C(C)=O)c1ccc(C(F)(F)F)nc1. The van der Waals surface area contributed by atoms with E-state index in [1.54, 1.807) is 0 Å². The van der Waals surface area contributed by atoms with Crippen LogP contribution in [0.25, 0.3) is 0 Å². The highest BCUT2D eigenvalue weighted by molar-refractivity contribution is 5.87. The number of halogens is 4. The Balaban J connectivity index is 2.52. The summed E-state index contributed by atoms with van der Waals surface area (Å²) in [5.41, 5.74) is -0.592. The number of carbonyl (C=O) groups is 1. The Morgan fingerprint density at radius 1 is 1.22 bits per heavy atom. The molecule has 2 rings (SSSR count). The number of alkyl halides is 3. The number of nitrogens with zero attached hydrogens (tertiary/aromatic N) is 1. The van der Waals surface area contributed by atoms with E-state index in [1.165, 1.54) is 26.2 Å². The molecule has 0 N–H and O–H groups in total. The van der Waals surface area contributed by atoms with Crippen molar-refractivity contribution in [2.45, 2.75) is 19.0 Å². The molecule has 0 aliphatic carbocycles. The van der Waals surface area contributed by atoms with Crippen molar-refractivity contribution in [1.82, 2.24) is 4.98 Å². The van der Waals surface area contributed by atoms with Crippen LogP contribution in [0.2, 0.25) is 0 Å². The number of methoxy groups -OCH3 is 1. The zero-order valence-corrected chi connectivity index (χ0v) is 12.3. The fourth-order valence-electron chi connectivity index (χ4n) is 2.31. The number of aromatic nitrogens is 1. The predicted octanol–water partition coefficient (Wildman–Crippen LogP) is 3.97. The third kappa shape index (κ3) is 3.67. The van der Waals surface area contributed by atoms with E-state index >= 15 is 0 Å². The van der Waals surface area contributed by atoms with Crippen LogP contribution >= 0.6 is 0 Å². The molecule has 1 aromatic carbocycles. The molecule has 0 saturated heterocycles. The number of benzene rings is 1. The maximum atomic E-state index is 13.5. The van der Waals surface area contributed by atoms with E-state index in [9.17, 15) is 22.4 Å². The average molecular weight is 327 g/mol. The first kappa shape index (κ1) is 16.9. The molecule has 0 fully saturated rings. The minimum atomic E-state index is -4.57. The molecule has 0 bridgehead atoms. The van der Waals surface area contributed by atoms with Gasteiger partial charge in [-0.1, -0.05) is 6.07 Å². The minimum absolute atomic E-state index is 0.231. The monoisotopic (exact) mass is 327 g/mol. The number of rotatable bonds is 4. The molecule has 7 heteroatoms. The summed E-state index contributed by atoms with van der Waals surface area (Å²) in [5, 5.41) is 0. The first-order valence-electron chi connectivity index (χ1n) is 6.61. The van der Waals surface area contributed by atoms with Crippen LogP contribution in [0.15, 0.2) is 36.5 Å². The molecular formula is C16H13F4NO2. The average Bonchev–Trinajstić information content (AvgIpc) is 2.47. The van der Waals surface area contributed by atoms with E-state index in [-0.39, 0.29) is 22.7 Å². The van der Waals surface area contributed by atoms with Gasteiger partial charge in [0.2, 0.25) is 0 Å². The smallest absolute Gasteiger partial charge is 0.433 e. The molecule has 122 valence electrons. The molecule has 0 aliphatic heterocycles. The number of hydrogen-bond acceptors (Lipinski definition) is 3. The van der Waals surface area contributed by atoms with Crippen molar-refractivity contribution in [1.29, 1.82) is 0 Å². The third-order valence-corrected chi connectivity index (χ3v) is 3.32. The molecule has 0 spiro atoms. The maximum absolute atomic E-state index is 13.5. The maximum Gasteiger partial charge on any atom is 0.433 e. The molecular weight excluding hydrogens is 314 g/mol. The third-order valence-electron chi connectivity index (χ3n) is 3.32. The zero-order valence-electron chi connectivity index (χ0n) is 12.3. The molecule has 0 aliphatic rings. The van der Waals surface area contributed by atoms with Crippen molar-refractivity contribution < 1.29 is 27.1 Å². The summed E-state index contributed by atoms with van der Waals surface area (Å²) in [6.07, 6.45) is -3.60. The number of carbonyl (C=O) groups excluding carboxylic acids is 1. The van der Waals surface area contributed by atoms with Gasteiger partial charge >= 0.3 is 6.18 Å². The summed E-state index contributed by atoms with van der Waals surface area (Å²) >= 11 is 0. The molecule has 1 heterocycles. The summed E-state index contributed by atoms with van der Waals surface area (Å²) in [5.74, 6) is -1.63. The Labute approximate surface area is 129 Å². The van der Waals surface area contributed by atoms with E-state index in [4.69, 9.17) is 4.74 Å². The van der Waals surface area contributed by atoms with Crippen LogP contribution in [0.5, 0.6) is 5.75 Å². The lowest BCUT2D eigenvalue weighted by atomic mass is 9.88. The van der Waals surface area contributed by atoms with Crippen LogP contribution in [0.4, 0.5) is 17.6 Å². The number of ketones is 1. The van der Waals surface area contributed by atoms with Gasteiger partial charge in [0.05, 0.1) is 13.0 Å². The molecule has 3 nitrogen and oxygen atoms in total. The lowest BCUT2D eigenvalue weighted by Gasteiger charge is -2.18. The fourth-order valence-corrected chi connectivity index (χ4v) is 2.31. The Hall–Kier alpha value is -2.44. The van der Waals surface area contributed by atoms with E-state index in [0.717, 1.165) is 24.4 Å². The van der Waals surface area contributed by atoms with Gasteiger partial charge in [-0.15, -0.1) is 0 Å². The number of ether oxygens (including phenoxy) is 1. The second-order valence-corrected chi connectivity index (χ2v) is 4.90. The van der Waals surface area contributed by atoms with Crippen molar-refractivity contribution in [3.63, 3.8) is 0 Å². The van der Waals surface area contributed by atoms with Crippen LogP contribution in [0.1, 0.15) is 29.7 Å². The number of Topliss-reactive ketones (excluding diaryl/α,β-unsaturated/α-hetero) is 1. The van der Waals surface area contributed by atoms with Crippen molar-refractivity contribution in [3.8, 4) is 5.75 Å². The van der Waals surface area contributed by atoms with Crippen molar-refractivity contribution in [3.05, 3.63) is 59.2 Å². The topological polar surface area (TPSA) is 39.2 Å². The van der Waals surface area contributed by atoms with E-state index in [0.29, 0.717) is 0 Å². The van der Waals surface area contributed by atoms with Gasteiger partial charge in [-0.05, 0) is 36.8 Å². The second kappa shape index (κ2) is 6.36. The molecule has 23 heavy (non-hydrogen) atoms. The van der Waals surface area contributed by atoms with Crippen LogP contribution < -0.4 is 4.74 Å². The summed E-state index contributed by atoms with van der Waals surface area (Å²) in [6, 6.07) is 5.61. The van der Waals surface area contributed by atoms with Gasteiger partial charge in [0.25, 0.3) is 0 Å². The molecule has 1 atom stereocenters. The lowest BCUT2D eigenvalue weighted by Crippen LogP contribution is -2.14. The first-order valence-corrected chi connectivity index (χ1v) is 6.61. The highest BCUT2D eigenvalue weighted by Crippen LogP contribution is 2.34. The highest BCUT2D eigenvalue weighted by atomic mass is 19.4. The number of hydrogen-bond donors (Lipinski definition) is 0. The zero-order chi connectivity index (χ0) is 17.2. The standard InChI is InChI=1S/C16H13F4NO2/c1-9(22)15(12-7-11(17)4-5-13(12)23-2)10-3-6-14(21-8-10)16(18,19)20/h3-8,15H,1-2H3. The van der Waals surface area contributed by atoms with Gasteiger partial charge in [0, 0.05) is 11.8 Å². The molecule has 1 aromatic heterocycles. The van der Waals surface area contributed by atoms with Crippen LogP contribution in [-0.4, -0.2) is 17.9 Å². The number of pyridine rings is 1. The predicted molar refractivity (Wildman–Crippen MR) is 74.7 cm³/mol. The van der Waals surface area contributed by atoms with Gasteiger partial charge in [-0.2, -0.15) is 13.2 Å². The van der Waals surface area contributed by atoms with E-state index in [1.807, 2.05) is 0 Å². The van der Waals surface area contributed by atoms with Crippen LogP contribution in [0, 0.1) is 5.82 Å².